The summed E-state index contributed by atoms with van der Waals surface area (Å²) in [7, 11) is 0. The highest BCUT2D eigenvalue weighted by Gasteiger charge is 2.24. The third-order valence-electron chi connectivity index (χ3n) is 5.78. The molecule has 1 aliphatic rings. The lowest BCUT2D eigenvalue weighted by Crippen LogP contribution is -3.10. The fraction of sp³-hybridized carbons (Fsp3) is 0.318. The van der Waals surface area contributed by atoms with Gasteiger partial charge in [0.2, 0.25) is 0 Å². The van der Waals surface area contributed by atoms with Gasteiger partial charge >= 0.3 is 5.78 Å². The lowest BCUT2D eigenvalue weighted by Gasteiger charge is -2.11. The van der Waals surface area contributed by atoms with Gasteiger partial charge in [0.15, 0.2) is 0 Å². The number of nitrogens with one attached hydrogen (secondary N) is 2. The predicted molar refractivity (Wildman–Crippen MR) is 104 cm³/mol. The number of aromatic nitrogens is 3. The average Bonchev–Trinajstić information content (AvgIpc) is 3.36. The van der Waals surface area contributed by atoms with Crippen LogP contribution in [0.3, 0.4) is 0 Å². The Morgan fingerprint density at radius 1 is 1.04 bits per heavy atom. The number of likely N-dealkylation sites (tertiary alicyclic amines) is 1. The zero-order valence-electron chi connectivity index (χ0n) is 15.3. The summed E-state index contributed by atoms with van der Waals surface area (Å²) < 4.78 is 4.78. The quantitative estimate of drug-likeness (QED) is 0.531. The van der Waals surface area contributed by atoms with Crippen molar-refractivity contribution in [1.82, 2.24) is 9.55 Å². The molecule has 2 aromatic carbocycles. The van der Waals surface area contributed by atoms with Crippen molar-refractivity contribution in [2.75, 3.05) is 19.6 Å². The SMILES string of the molecule is Cc1ccc(-c2c[n+]3c4ccccc4[nH]c3n2CC[NH+]2CCCC2)cc1. The highest BCUT2D eigenvalue weighted by molar-refractivity contribution is 5.74. The number of para-hydroxylation sites is 2. The van der Waals surface area contributed by atoms with E-state index in [1.807, 2.05) is 0 Å². The molecule has 0 aliphatic carbocycles. The summed E-state index contributed by atoms with van der Waals surface area (Å²) >= 11 is 0. The molecule has 0 atom stereocenters. The third kappa shape index (κ3) is 2.61. The van der Waals surface area contributed by atoms with Gasteiger partial charge in [-0.25, -0.2) is 9.55 Å². The highest BCUT2D eigenvalue weighted by atomic mass is 15.2. The number of nitrogens with zero attached hydrogens (tertiary/aromatic N) is 2. The molecule has 132 valence electrons. The molecule has 1 aliphatic heterocycles. The monoisotopic (exact) mass is 346 g/mol. The third-order valence-corrected chi connectivity index (χ3v) is 5.78. The number of benzene rings is 2. The van der Waals surface area contributed by atoms with Crippen LogP contribution in [0.5, 0.6) is 0 Å². The van der Waals surface area contributed by atoms with Crippen LogP contribution < -0.4 is 9.30 Å². The first kappa shape index (κ1) is 15.6. The maximum absolute atomic E-state index is 3.64. The normalized spacial score (nSPS) is 15.4. The molecule has 0 spiro atoms. The molecular weight excluding hydrogens is 320 g/mol. The molecule has 0 amide bonds. The van der Waals surface area contributed by atoms with Crippen molar-refractivity contribution in [3.63, 3.8) is 0 Å². The van der Waals surface area contributed by atoms with Gasteiger partial charge < -0.3 is 4.90 Å². The average molecular weight is 346 g/mol. The first-order chi connectivity index (χ1) is 12.8. The summed E-state index contributed by atoms with van der Waals surface area (Å²) in [6.07, 6.45) is 5.04. The Morgan fingerprint density at radius 3 is 2.62 bits per heavy atom. The molecule has 4 nitrogen and oxygen atoms in total. The van der Waals surface area contributed by atoms with Gasteiger partial charge in [-0.15, -0.1) is 0 Å². The van der Waals surface area contributed by atoms with E-state index in [0.717, 1.165) is 6.54 Å². The van der Waals surface area contributed by atoms with E-state index >= 15 is 0 Å². The summed E-state index contributed by atoms with van der Waals surface area (Å²) in [4.78, 5) is 5.38. The van der Waals surface area contributed by atoms with Crippen LogP contribution in [0.15, 0.2) is 54.7 Å². The van der Waals surface area contributed by atoms with Crippen molar-refractivity contribution >= 4 is 16.8 Å². The van der Waals surface area contributed by atoms with Crippen LogP contribution in [0.1, 0.15) is 18.4 Å². The Morgan fingerprint density at radius 2 is 1.81 bits per heavy atom. The van der Waals surface area contributed by atoms with Gasteiger partial charge in [0.25, 0.3) is 0 Å². The van der Waals surface area contributed by atoms with Crippen molar-refractivity contribution in [2.45, 2.75) is 26.3 Å². The van der Waals surface area contributed by atoms with Crippen molar-refractivity contribution in [3.8, 4) is 11.3 Å². The molecule has 4 aromatic rings. The molecule has 4 heteroatoms. The topological polar surface area (TPSA) is 29.3 Å². The number of rotatable bonds is 4. The minimum atomic E-state index is 1.04. The van der Waals surface area contributed by atoms with Gasteiger partial charge in [-0.1, -0.05) is 42.0 Å². The fourth-order valence-corrected chi connectivity index (χ4v) is 4.29. The molecule has 26 heavy (non-hydrogen) atoms. The van der Waals surface area contributed by atoms with Crippen molar-refractivity contribution in [2.24, 2.45) is 0 Å². The van der Waals surface area contributed by atoms with Crippen LogP contribution in [0, 0.1) is 6.92 Å². The maximum Gasteiger partial charge on any atom is 0.368 e. The van der Waals surface area contributed by atoms with E-state index in [9.17, 15) is 0 Å². The molecule has 2 aromatic heterocycles. The minimum Gasteiger partial charge on any atom is -0.332 e. The Labute approximate surface area is 153 Å². The number of hydrogen-bond acceptors (Lipinski definition) is 0. The van der Waals surface area contributed by atoms with Gasteiger partial charge in [0.1, 0.15) is 36.0 Å². The second kappa shape index (κ2) is 6.29. The second-order valence-corrected chi connectivity index (χ2v) is 7.57. The molecule has 1 saturated heterocycles. The van der Waals surface area contributed by atoms with Gasteiger partial charge in [-0.3, -0.25) is 0 Å². The summed E-state index contributed by atoms with van der Waals surface area (Å²) in [5, 5.41) is 0. The first-order valence-corrected chi connectivity index (χ1v) is 9.72. The van der Waals surface area contributed by atoms with Crippen LogP contribution in [-0.2, 0) is 6.54 Å². The van der Waals surface area contributed by atoms with E-state index in [4.69, 9.17) is 0 Å². The van der Waals surface area contributed by atoms with E-state index in [0.29, 0.717) is 0 Å². The van der Waals surface area contributed by atoms with Gasteiger partial charge in [-0.05, 0) is 19.1 Å². The lowest BCUT2D eigenvalue weighted by atomic mass is 10.1. The van der Waals surface area contributed by atoms with Crippen LogP contribution in [-0.4, -0.2) is 29.2 Å². The summed E-state index contributed by atoms with van der Waals surface area (Å²) in [5.41, 5.74) is 6.31. The molecular formula is C22H26N4+2. The Balaban J connectivity index is 1.63. The first-order valence-electron chi connectivity index (χ1n) is 9.72. The molecule has 0 bridgehead atoms. The molecule has 0 radical (unpaired) electrons. The van der Waals surface area contributed by atoms with E-state index in [1.165, 1.54) is 66.1 Å². The lowest BCUT2D eigenvalue weighted by molar-refractivity contribution is -0.888. The van der Waals surface area contributed by atoms with Gasteiger partial charge in [0, 0.05) is 18.4 Å². The second-order valence-electron chi connectivity index (χ2n) is 7.57. The molecule has 2 N–H and O–H groups in total. The van der Waals surface area contributed by atoms with Gasteiger partial charge in [0.05, 0.1) is 13.1 Å². The molecule has 3 heterocycles. The zero-order valence-corrected chi connectivity index (χ0v) is 15.3. The number of fused-ring (bicyclic) bond motifs is 3. The molecule has 0 unspecified atom stereocenters. The number of quaternary nitrogens is 1. The standard InChI is InChI=1S/C22H24N4/c1-17-8-10-18(11-9-17)21-16-26-20-7-3-2-6-19(20)23-22(26)25(21)15-14-24-12-4-5-13-24/h2-3,6-11,16H,4-5,12-15H2,1H3/p+2. The van der Waals surface area contributed by atoms with Crippen LogP contribution >= 0.6 is 0 Å². The van der Waals surface area contributed by atoms with Crippen LogP contribution in [0.25, 0.3) is 28.1 Å². The van der Waals surface area contributed by atoms with E-state index in [1.54, 1.807) is 4.90 Å². The molecule has 0 saturated carbocycles. The number of aromatic amines is 1. The van der Waals surface area contributed by atoms with Crippen molar-refractivity contribution in [1.29, 1.82) is 0 Å². The fourth-order valence-electron chi connectivity index (χ4n) is 4.29. The Kier molecular flexibility index (Phi) is 3.79. The minimum absolute atomic E-state index is 1.04. The number of H-pyrrole nitrogens is 1. The molecule has 5 rings (SSSR count). The summed E-state index contributed by atoms with van der Waals surface area (Å²) in [5.74, 6) is 1.18. The van der Waals surface area contributed by atoms with Crippen LogP contribution in [0.2, 0.25) is 0 Å². The van der Waals surface area contributed by atoms with E-state index in [2.05, 4.69) is 75.6 Å². The van der Waals surface area contributed by atoms with Gasteiger partial charge in [-0.2, -0.15) is 4.40 Å². The summed E-state index contributed by atoms with van der Waals surface area (Å²) in [6, 6.07) is 17.4. The Hall–Kier alpha value is -2.59. The van der Waals surface area contributed by atoms with Crippen molar-refractivity contribution in [3.05, 3.63) is 60.3 Å². The maximum atomic E-state index is 3.64. The highest BCUT2D eigenvalue weighted by Crippen LogP contribution is 2.22. The zero-order chi connectivity index (χ0) is 17.5. The number of imidazole rings is 2. The predicted octanol–water partition coefficient (Wildman–Crippen LogP) is 2.36. The largest absolute Gasteiger partial charge is 0.368 e. The van der Waals surface area contributed by atoms with E-state index in [-0.39, 0.29) is 0 Å². The van der Waals surface area contributed by atoms with E-state index < -0.39 is 0 Å². The number of hydrogen-bond donors (Lipinski definition) is 2. The smallest absolute Gasteiger partial charge is 0.332 e. The van der Waals surface area contributed by atoms with Crippen LogP contribution in [0.4, 0.5) is 0 Å². The molecule has 1 fully saturated rings. The Bertz CT molecular complexity index is 1050. The summed E-state index contributed by atoms with van der Waals surface area (Å²) in [6.45, 7) is 7.03. The number of aryl methyl sites for hydroxylation is 1. The van der Waals surface area contributed by atoms with Crippen molar-refractivity contribution < 1.29 is 9.30 Å².